The molecule has 0 aromatic heterocycles. The first-order chi connectivity index (χ1) is 7.58. The molecule has 0 aliphatic rings. The minimum absolute atomic E-state index is 0.106. The van der Waals surface area contributed by atoms with Crippen molar-refractivity contribution < 1.29 is 24.5 Å². The van der Waals surface area contributed by atoms with Gasteiger partial charge in [-0.2, -0.15) is 0 Å². The fourth-order valence-corrected chi connectivity index (χ4v) is 1.96. The van der Waals surface area contributed by atoms with Crippen molar-refractivity contribution in [1.82, 2.24) is 0 Å². The van der Waals surface area contributed by atoms with Crippen LogP contribution < -0.4 is 9.47 Å². The van der Waals surface area contributed by atoms with E-state index >= 15 is 0 Å². The molecule has 0 aliphatic carbocycles. The summed E-state index contributed by atoms with van der Waals surface area (Å²) in [5, 5.41) is 17.5. The Morgan fingerprint density at radius 3 is 2.69 bits per heavy atom. The van der Waals surface area contributed by atoms with Gasteiger partial charge in [0.15, 0.2) is 18.1 Å². The molecule has 0 saturated carbocycles. The van der Waals surface area contributed by atoms with Crippen LogP contribution in [0.15, 0.2) is 12.1 Å². The predicted octanol–water partition coefficient (Wildman–Crippen LogP) is 1.26. The van der Waals surface area contributed by atoms with Gasteiger partial charge in [0.05, 0.1) is 17.3 Å². The van der Waals surface area contributed by atoms with Crippen molar-refractivity contribution in [3.63, 3.8) is 0 Å². The van der Waals surface area contributed by atoms with Crippen LogP contribution in [0.4, 0.5) is 0 Å². The van der Waals surface area contributed by atoms with Crippen molar-refractivity contribution in [2.45, 2.75) is 6.61 Å². The molecule has 0 heterocycles. The number of aliphatic hydroxyl groups excluding tert-OH is 1. The third-order valence-corrected chi connectivity index (χ3v) is 2.61. The van der Waals surface area contributed by atoms with E-state index in [1.165, 1.54) is 7.11 Å². The summed E-state index contributed by atoms with van der Waals surface area (Å²) in [5.74, 6) is -0.260. The first-order valence-corrected chi connectivity index (χ1v) is 5.48. The van der Waals surface area contributed by atoms with Gasteiger partial charge in [0, 0.05) is 0 Å². The topological polar surface area (TPSA) is 76.0 Å². The standard InChI is InChI=1S/C10H11IO5/c1-15-8-3-6(4-12)2-7(11)10(8)16-5-9(13)14/h2-3,12H,4-5H2,1H3,(H,13,14). The number of carboxylic acid groups (broad SMARTS) is 1. The van der Waals surface area contributed by atoms with E-state index in [0.717, 1.165) is 0 Å². The molecule has 1 aromatic rings. The van der Waals surface area contributed by atoms with E-state index in [1.54, 1.807) is 12.1 Å². The second-order valence-corrected chi connectivity index (χ2v) is 4.11. The highest BCUT2D eigenvalue weighted by Crippen LogP contribution is 2.33. The lowest BCUT2D eigenvalue weighted by atomic mass is 10.2. The molecule has 0 saturated heterocycles. The number of carboxylic acids is 1. The van der Waals surface area contributed by atoms with Gasteiger partial charge in [0.25, 0.3) is 0 Å². The number of benzene rings is 1. The number of carbonyl (C=O) groups is 1. The Hall–Kier alpha value is -1.02. The molecule has 1 aromatic carbocycles. The van der Waals surface area contributed by atoms with Gasteiger partial charge in [-0.15, -0.1) is 0 Å². The second-order valence-electron chi connectivity index (χ2n) is 2.95. The van der Waals surface area contributed by atoms with Crippen LogP contribution in [0.5, 0.6) is 11.5 Å². The van der Waals surface area contributed by atoms with E-state index in [9.17, 15) is 4.79 Å². The molecule has 2 N–H and O–H groups in total. The van der Waals surface area contributed by atoms with Crippen molar-refractivity contribution in [2.24, 2.45) is 0 Å². The summed E-state index contributed by atoms with van der Waals surface area (Å²) >= 11 is 2.00. The smallest absolute Gasteiger partial charge is 0.341 e. The van der Waals surface area contributed by atoms with E-state index in [4.69, 9.17) is 19.7 Å². The molecule has 0 atom stereocenters. The van der Waals surface area contributed by atoms with Crippen LogP contribution in [-0.2, 0) is 11.4 Å². The maximum absolute atomic E-state index is 10.4. The number of methoxy groups -OCH3 is 1. The van der Waals surface area contributed by atoms with E-state index in [1.807, 2.05) is 22.6 Å². The number of ether oxygens (including phenoxy) is 2. The summed E-state index contributed by atoms with van der Waals surface area (Å²) < 4.78 is 10.9. The molecule has 0 fully saturated rings. The van der Waals surface area contributed by atoms with Crippen LogP contribution in [0, 0.1) is 3.57 Å². The minimum atomic E-state index is -1.05. The average molecular weight is 338 g/mol. The highest BCUT2D eigenvalue weighted by atomic mass is 127. The van der Waals surface area contributed by atoms with Crippen LogP contribution in [0.2, 0.25) is 0 Å². The van der Waals surface area contributed by atoms with Gasteiger partial charge in [-0.25, -0.2) is 4.79 Å². The lowest BCUT2D eigenvalue weighted by Gasteiger charge is -2.12. The molecule has 0 radical (unpaired) electrons. The van der Waals surface area contributed by atoms with E-state index in [0.29, 0.717) is 20.6 Å². The van der Waals surface area contributed by atoms with Crippen LogP contribution in [0.25, 0.3) is 0 Å². The van der Waals surface area contributed by atoms with Gasteiger partial charge in [-0.05, 0) is 40.3 Å². The summed E-state index contributed by atoms with van der Waals surface area (Å²) in [6.07, 6.45) is 0. The van der Waals surface area contributed by atoms with E-state index < -0.39 is 12.6 Å². The van der Waals surface area contributed by atoms with E-state index in [-0.39, 0.29) is 6.61 Å². The molecule has 0 aliphatic heterocycles. The maximum Gasteiger partial charge on any atom is 0.341 e. The number of hydrogen-bond donors (Lipinski definition) is 2. The quantitative estimate of drug-likeness (QED) is 0.791. The molecule has 0 bridgehead atoms. The van der Waals surface area contributed by atoms with Gasteiger partial charge in [0.2, 0.25) is 0 Å². The Balaban J connectivity index is 3.01. The molecule has 0 spiro atoms. The third-order valence-electron chi connectivity index (χ3n) is 1.81. The zero-order valence-corrected chi connectivity index (χ0v) is 10.7. The molecule has 0 amide bonds. The van der Waals surface area contributed by atoms with Gasteiger partial charge >= 0.3 is 5.97 Å². The summed E-state index contributed by atoms with van der Waals surface area (Å²) in [7, 11) is 1.46. The van der Waals surface area contributed by atoms with Crippen molar-refractivity contribution >= 4 is 28.6 Å². The predicted molar refractivity (Wildman–Crippen MR) is 64.8 cm³/mol. The Bertz CT molecular complexity index is 391. The fraction of sp³-hybridized carbons (Fsp3) is 0.300. The average Bonchev–Trinajstić information content (AvgIpc) is 2.26. The summed E-state index contributed by atoms with van der Waals surface area (Å²) in [5.41, 5.74) is 0.684. The molecular weight excluding hydrogens is 327 g/mol. The van der Waals surface area contributed by atoms with Crippen molar-refractivity contribution in [3.8, 4) is 11.5 Å². The largest absolute Gasteiger partial charge is 0.493 e. The van der Waals surface area contributed by atoms with Gasteiger partial charge in [-0.3, -0.25) is 0 Å². The Labute approximate surface area is 106 Å². The van der Waals surface area contributed by atoms with Gasteiger partial charge < -0.3 is 19.7 Å². The number of aliphatic carboxylic acids is 1. The zero-order chi connectivity index (χ0) is 12.1. The van der Waals surface area contributed by atoms with E-state index in [2.05, 4.69) is 0 Å². The number of hydrogen-bond acceptors (Lipinski definition) is 4. The molecule has 5 nitrogen and oxygen atoms in total. The molecule has 6 heteroatoms. The first kappa shape index (κ1) is 13.0. The molecule has 1 rings (SSSR count). The number of aliphatic hydroxyl groups is 1. The Morgan fingerprint density at radius 1 is 1.50 bits per heavy atom. The van der Waals surface area contributed by atoms with Crippen LogP contribution in [-0.4, -0.2) is 29.9 Å². The Kier molecular flexibility index (Phi) is 4.81. The lowest BCUT2D eigenvalue weighted by Crippen LogP contribution is -2.11. The van der Waals surface area contributed by atoms with Gasteiger partial charge in [-0.1, -0.05) is 0 Å². The van der Waals surface area contributed by atoms with Crippen LogP contribution in [0.1, 0.15) is 5.56 Å². The summed E-state index contributed by atoms with van der Waals surface area (Å²) in [4.78, 5) is 10.4. The van der Waals surface area contributed by atoms with Crippen molar-refractivity contribution in [3.05, 3.63) is 21.3 Å². The number of rotatable bonds is 5. The lowest BCUT2D eigenvalue weighted by molar-refractivity contribution is -0.139. The molecule has 16 heavy (non-hydrogen) atoms. The summed E-state index contributed by atoms with van der Waals surface area (Å²) in [6.45, 7) is -0.531. The number of halogens is 1. The second kappa shape index (κ2) is 5.90. The SMILES string of the molecule is COc1cc(CO)cc(I)c1OCC(=O)O. The van der Waals surface area contributed by atoms with Crippen LogP contribution in [0.3, 0.4) is 0 Å². The first-order valence-electron chi connectivity index (χ1n) is 4.40. The van der Waals surface area contributed by atoms with Crippen molar-refractivity contribution in [2.75, 3.05) is 13.7 Å². The third kappa shape index (κ3) is 3.24. The fourth-order valence-electron chi connectivity index (χ4n) is 1.14. The Morgan fingerprint density at radius 2 is 2.19 bits per heavy atom. The minimum Gasteiger partial charge on any atom is -0.493 e. The maximum atomic E-state index is 10.4. The van der Waals surface area contributed by atoms with Crippen LogP contribution >= 0.6 is 22.6 Å². The highest BCUT2D eigenvalue weighted by Gasteiger charge is 2.12. The highest BCUT2D eigenvalue weighted by molar-refractivity contribution is 14.1. The normalized spacial score (nSPS) is 9.94. The van der Waals surface area contributed by atoms with Gasteiger partial charge in [0.1, 0.15) is 0 Å². The summed E-state index contributed by atoms with van der Waals surface area (Å²) in [6, 6.07) is 3.32. The monoisotopic (exact) mass is 338 g/mol. The van der Waals surface area contributed by atoms with Crippen molar-refractivity contribution in [1.29, 1.82) is 0 Å². The molecule has 0 unspecified atom stereocenters. The zero-order valence-electron chi connectivity index (χ0n) is 8.57. The molecule has 88 valence electrons. The molecular formula is C10H11IO5.